The van der Waals surface area contributed by atoms with Crippen molar-refractivity contribution in [1.29, 1.82) is 0 Å². The first-order chi connectivity index (χ1) is 13.9. The van der Waals surface area contributed by atoms with Crippen molar-refractivity contribution in [2.45, 2.75) is 0 Å². The van der Waals surface area contributed by atoms with Crippen molar-refractivity contribution in [1.82, 2.24) is 24.0 Å². The van der Waals surface area contributed by atoms with Crippen LogP contribution in [-0.4, -0.2) is 56.1 Å². The first-order valence-corrected chi connectivity index (χ1v) is 9.88. The van der Waals surface area contributed by atoms with E-state index in [0.29, 0.717) is 31.6 Å². The number of nitrogens with zero attached hydrogens (tertiary/aromatic N) is 6. The topological polar surface area (TPSA) is 93.3 Å². The molecule has 4 rings (SSSR count). The molecule has 1 fully saturated rings. The van der Waals surface area contributed by atoms with Gasteiger partial charge in [0.1, 0.15) is 17.2 Å². The maximum atomic E-state index is 12.9. The Morgan fingerprint density at radius 3 is 2.38 bits per heavy atom. The van der Waals surface area contributed by atoms with E-state index >= 15 is 0 Å². The van der Waals surface area contributed by atoms with E-state index in [1.165, 1.54) is 18.7 Å². The maximum absolute atomic E-state index is 12.9. The van der Waals surface area contributed by atoms with Crippen molar-refractivity contribution in [3.05, 3.63) is 61.5 Å². The Hall–Kier alpha value is -3.01. The molecular weight excluding hydrogens is 440 g/mol. The molecule has 1 saturated heterocycles. The van der Waals surface area contributed by atoms with Crippen molar-refractivity contribution in [2.75, 3.05) is 31.1 Å². The lowest BCUT2D eigenvalue weighted by Gasteiger charge is -2.35. The van der Waals surface area contributed by atoms with E-state index in [9.17, 15) is 14.4 Å². The van der Waals surface area contributed by atoms with E-state index in [4.69, 9.17) is 0 Å². The molecule has 29 heavy (non-hydrogen) atoms. The fraction of sp³-hybridized carbons (Fsp3) is 0.316. The molecule has 1 amide bonds. The molecule has 4 heterocycles. The van der Waals surface area contributed by atoms with Crippen LogP contribution in [0.3, 0.4) is 0 Å². The third kappa shape index (κ3) is 3.44. The Morgan fingerprint density at radius 1 is 1.00 bits per heavy atom. The number of hydrogen-bond acceptors (Lipinski definition) is 6. The summed E-state index contributed by atoms with van der Waals surface area (Å²) >= 11 is 3.38. The summed E-state index contributed by atoms with van der Waals surface area (Å²) in [5.41, 5.74) is -0.474. The number of fused-ring (bicyclic) bond motifs is 1. The van der Waals surface area contributed by atoms with Crippen LogP contribution >= 0.6 is 15.9 Å². The number of aromatic nitrogens is 4. The van der Waals surface area contributed by atoms with Gasteiger partial charge in [-0.1, -0.05) is 0 Å². The van der Waals surface area contributed by atoms with Crippen LogP contribution in [-0.2, 0) is 14.1 Å². The molecule has 0 aromatic carbocycles. The monoisotopic (exact) mass is 458 g/mol. The summed E-state index contributed by atoms with van der Waals surface area (Å²) < 4.78 is 3.23. The summed E-state index contributed by atoms with van der Waals surface area (Å²) in [5, 5.41) is 0.303. The molecule has 3 aromatic rings. The molecule has 1 aliphatic rings. The highest BCUT2D eigenvalue weighted by Gasteiger charge is 2.24. The van der Waals surface area contributed by atoms with Gasteiger partial charge in [-0.05, 0) is 40.2 Å². The molecule has 10 heteroatoms. The Labute approximate surface area is 174 Å². The van der Waals surface area contributed by atoms with Crippen LogP contribution in [0.1, 0.15) is 10.5 Å². The van der Waals surface area contributed by atoms with Gasteiger partial charge >= 0.3 is 5.69 Å². The summed E-state index contributed by atoms with van der Waals surface area (Å²) in [6, 6.07) is 6.97. The van der Waals surface area contributed by atoms with Gasteiger partial charge in [-0.25, -0.2) is 14.8 Å². The van der Waals surface area contributed by atoms with E-state index in [1.54, 1.807) is 23.2 Å². The van der Waals surface area contributed by atoms with Gasteiger partial charge in [-0.3, -0.25) is 18.7 Å². The van der Waals surface area contributed by atoms with Gasteiger partial charge in [0.05, 0.1) is 5.39 Å². The van der Waals surface area contributed by atoms with E-state index in [0.717, 1.165) is 14.9 Å². The SMILES string of the molecule is Cn1c(=O)c2ccc(C(=O)N3CCN(c4ccc(Br)cn4)CC3)nc2n(C)c1=O. The highest BCUT2D eigenvalue weighted by Crippen LogP contribution is 2.17. The molecule has 3 aromatic heterocycles. The van der Waals surface area contributed by atoms with Gasteiger partial charge in [-0.15, -0.1) is 0 Å². The number of anilines is 1. The Kier molecular flexibility index (Phi) is 4.95. The zero-order chi connectivity index (χ0) is 20.7. The minimum absolute atomic E-state index is 0.210. The van der Waals surface area contributed by atoms with Gasteiger partial charge in [0.25, 0.3) is 11.5 Å². The van der Waals surface area contributed by atoms with Crippen molar-refractivity contribution < 1.29 is 4.79 Å². The molecule has 0 spiro atoms. The standard InChI is InChI=1S/C19H19BrN6O3/c1-23-16-13(17(27)24(2)19(23)29)4-5-14(22-16)18(28)26-9-7-25(8-10-26)15-6-3-12(20)11-21-15/h3-6,11H,7-10H2,1-2H3. The van der Waals surface area contributed by atoms with Gasteiger partial charge < -0.3 is 9.80 Å². The molecule has 0 saturated carbocycles. The van der Waals surface area contributed by atoms with E-state index in [2.05, 4.69) is 30.8 Å². The van der Waals surface area contributed by atoms with E-state index < -0.39 is 11.2 Å². The molecule has 1 aliphatic heterocycles. The highest BCUT2D eigenvalue weighted by molar-refractivity contribution is 9.10. The lowest BCUT2D eigenvalue weighted by Crippen LogP contribution is -2.49. The lowest BCUT2D eigenvalue weighted by atomic mass is 10.2. The predicted molar refractivity (Wildman–Crippen MR) is 112 cm³/mol. The molecule has 0 bridgehead atoms. The molecule has 0 aliphatic carbocycles. The van der Waals surface area contributed by atoms with Crippen molar-refractivity contribution >= 4 is 38.7 Å². The van der Waals surface area contributed by atoms with Gasteiger partial charge in [0, 0.05) is 50.9 Å². The minimum atomic E-state index is -0.477. The van der Waals surface area contributed by atoms with Crippen LogP contribution in [0.4, 0.5) is 5.82 Å². The second-order valence-corrected chi connectivity index (χ2v) is 7.80. The average Bonchev–Trinajstić information content (AvgIpc) is 2.76. The van der Waals surface area contributed by atoms with E-state index in [-0.39, 0.29) is 17.2 Å². The number of carbonyl (C=O) groups excluding carboxylic acids is 1. The summed E-state index contributed by atoms with van der Waals surface area (Å²) in [7, 11) is 2.96. The molecule has 0 radical (unpaired) electrons. The summed E-state index contributed by atoms with van der Waals surface area (Å²) in [6.07, 6.45) is 1.75. The van der Waals surface area contributed by atoms with Crippen LogP contribution in [0.5, 0.6) is 0 Å². The smallest absolute Gasteiger partial charge is 0.332 e. The average molecular weight is 459 g/mol. The Balaban J connectivity index is 1.56. The summed E-state index contributed by atoms with van der Waals surface area (Å²) in [5.74, 6) is 0.651. The highest BCUT2D eigenvalue weighted by atomic mass is 79.9. The number of hydrogen-bond donors (Lipinski definition) is 0. The quantitative estimate of drug-likeness (QED) is 0.562. The Bertz CT molecular complexity index is 1210. The van der Waals surface area contributed by atoms with Crippen molar-refractivity contribution in [3.63, 3.8) is 0 Å². The molecule has 9 nitrogen and oxygen atoms in total. The van der Waals surface area contributed by atoms with Crippen molar-refractivity contribution in [3.8, 4) is 0 Å². The van der Waals surface area contributed by atoms with Crippen LogP contribution in [0.2, 0.25) is 0 Å². The zero-order valence-electron chi connectivity index (χ0n) is 16.0. The largest absolute Gasteiger partial charge is 0.353 e. The fourth-order valence-corrected chi connectivity index (χ4v) is 3.66. The third-order valence-corrected chi connectivity index (χ3v) is 5.59. The molecule has 0 atom stereocenters. The van der Waals surface area contributed by atoms with Gasteiger partial charge in [0.2, 0.25) is 0 Å². The first kappa shape index (κ1) is 19.3. The molecular formula is C19H19BrN6O3. The number of pyridine rings is 2. The molecule has 0 N–H and O–H groups in total. The fourth-order valence-electron chi connectivity index (χ4n) is 3.43. The number of piperazine rings is 1. The zero-order valence-corrected chi connectivity index (χ0v) is 17.6. The number of aryl methyl sites for hydroxylation is 1. The summed E-state index contributed by atoms with van der Waals surface area (Å²) in [6.45, 7) is 2.39. The molecule has 0 unspecified atom stereocenters. The van der Waals surface area contributed by atoms with E-state index in [1.807, 2.05) is 12.1 Å². The summed E-state index contributed by atoms with van der Waals surface area (Å²) in [4.78, 5) is 49.9. The van der Waals surface area contributed by atoms with Crippen LogP contribution in [0.15, 0.2) is 44.5 Å². The second kappa shape index (κ2) is 7.43. The number of amides is 1. The minimum Gasteiger partial charge on any atom is -0.353 e. The predicted octanol–water partition coefficient (Wildman–Crippen LogP) is 0.752. The van der Waals surface area contributed by atoms with Gasteiger partial charge in [0.15, 0.2) is 0 Å². The van der Waals surface area contributed by atoms with Crippen LogP contribution in [0, 0.1) is 0 Å². The number of rotatable bonds is 2. The first-order valence-electron chi connectivity index (χ1n) is 9.09. The van der Waals surface area contributed by atoms with Gasteiger partial charge in [-0.2, -0.15) is 0 Å². The normalized spacial score (nSPS) is 14.4. The lowest BCUT2D eigenvalue weighted by molar-refractivity contribution is 0.0741. The van der Waals surface area contributed by atoms with Crippen LogP contribution < -0.4 is 16.1 Å². The Morgan fingerprint density at radius 2 is 1.72 bits per heavy atom. The third-order valence-electron chi connectivity index (χ3n) is 5.12. The maximum Gasteiger partial charge on any atom is 0.332 e. The molecule has 150 valence electrons. The van der Waals surface area contributed by atoms with Crippen LogP contribution in [0.25, 0.3) is 11.0 Å². The second-order valence-electron chi connectivity index (χ2n) is 6.89. The number of halogens is 1. The number of carbonyl (C=O) groups is 1. The van der Waals surface area contributed by atoms with Crippen molar-refractivity contribution in [2.24, 2.45) is 14.1 Å².